The molecule has 1 aliphatic rings. The second-order valence-electron chi connectivity index (χ2n) is 6.52. The first-order chi connectivity index (χ1) is 11.6. The molecule has 0 N–H and O–H groups in total. The Bertz CT molecular complexity index is 717. The van der Waals surface area contributed by atoms with Crippen molar-refractivity contribution in [1.82, 2.24) is 9.47 Å². The van der Waals surface area contributed by atoms with Crippen LogP contribution in [0.1, 0.15) is 36.2 Å². The van der Waals surface area contributed by atoms with Gasteiger partial charge in [-0.15, -0.1) is 0 Å². The SMILES string of the molecule is COc1ccc2c(c1)cc(C(=O)N(C)CCC[C@H]1CCCO1)n2C. The molecule has 130 valence electrons. The zero-order valence-electron chi connectivity index (χ0n) is 14.7. The molecule has 1 aromatic carbocycles. The summed E-state index contributed by atoms with van der Waals surface area (Å²) in [5.74, 6) is 0.858. The second-order valence-corrected chi connectivity index (χ2v) is 6.52. The quantitative estimate of drug-likeness (QED) is 0.817. The summed E-state index contributed by atoms with van der Waals surface area (Å²) in [6, 6.07) is 7.81. The Balaban J connectivity index is 1.66. The number of carbonyl (C=O) groups is 1. The Kier molecular flexibility index (Phi) is 5.09. The van der Waals surface area contributed by atoms with E-state index in [1.807, 2.05) is 42.9 Å². The molecule has 0 spiro atoms. The first kappa shape index (κ1) is 16.8. The van der Waals surface area contributed by atoms with Gasteiger partial charge in [0.1, 0.15) is 11.4 Å². The van der Waals surface area contributed by atoms with Crippen molar-refractivity contribution in [3.05, 3.63) is 30.0 Å². The van der Waals surface area contributed by atoms with Crippen LogP contribution in [0.3, 0.4) is 0 Å². The lowest BCUT2D eigenvalue weighted by molar-refractivity contribution is 0.0755. The number of carbonyl (C=O) groups excluding carboxylic acids is 1. The number of hydrogen-bond donors (Lipinski definition) is 0. The fourth-order valence-electron chi connectivity index (χ4n) is 3.38. The number of methoxy groups -OCH3 is 1. The van der Waals surface area contributed by atoms with Gasteiger partial charge in [-0.25, -0.2) is 0 Å². The molecule has 24 heavy (non-hydrogen) atoms. The largest absolute Gasteiger partial charge is 0.497 e. The van der Waals surface area contributed by atoms with E-state index >= 15 is 0 Å². The summed E-state index contributed by atoms with van der Waals surface area (Å²) in [4.78, 5) is 14.6. The summed E-state index contributed by atoms with van der Waals surface area (Å²) in [5, 5.41) is 1.02. The number of rotatable bonds is 6. The summed E-state index contributed by atoms with van der Waals surface area (Å²) in [7, 11) is 5.45. The van der Waals surface area contributed by atoms with Crippen molar-refractivity contribution in [2.45, 2.75) is 31.8 Å². The number of fused-ring (bicyclic) bond motifs is 1. The van der Waals surface area contributed by atoms with Crippen molar-refractivity contribution in [1.29, 1.82) is 0 Å². The first-order valence-corrected chi connectivity index (χ1v) is 8.60. The van der Waals surface area contributed by atoms with Gasteiger partial charge in [-0.3, -0.25) is 4.79 Å². The minimum absolute atomic E-state index is 0.0556. The molecule has 1 atom stereocenters. The maximum atomic E-state index is 12.8. The van der Waals surface area contributed by atoms with E-state index < -0.39 is 0 Å². The van der Waals surface area contributed by atoms with Gasteiger partial charge in [-0.1, -0.05) is 0 Å². The second kappa shape index (κ2) is 7.26. The molecule has 0 saturated carbocycles. The number of ether oxygens (including phenoxy) is 2. The maximum absolute atomic E-state index is 12.8. The van der Waals surface area contributed by atoms with Gasteiger partial charge in [-0.05, 0) is 49.9 Å². The van der Waals surface area contributed by atoms with Crippen molar-refractivity contribution in [3.63, 3.8) is 0 Å². The summed E-state index contributed by atoms with van der Waals surface area (Å²) in [6.07, 6.45) is 4.72. The lowest BCUT2D eigenvalue weighted by Gasteiger charge is -2.18. The molecule has 2 aromatic rings. The monoisotopic (exact) mass is 330 g/mol. The van der Waals surface area contributed by atoms with Crippen molar-refractivity contribution in [3.8, 4) is 5.75 Å². The van der Waals surface area contributed by atoms with Crippen molar-refractivity contribution >= 4 is 16.8 Å². The molecular weight excluding hydrogens is 304 g/mol. The molecule has 1 saturated heterocycles. The summed E-state index contributed by atoms with van der Waals surface area (Å²) in [5.41, 5.74) is 1.74. The molecule has 5 heteroatoms. The number of aryl methyl sites for hydroxylation is 1. The average Bonchev–Trinajstić information content (AvgIpc) is 3.22. The highest BCUT2D eigenvalue weighted by Gasteiger charge is 2.19. The van der Waals surface area contributed by atoms with Gasteiger partial charge in [0.15, 0.2) is 0 Å². The number of amides is 1. The highest BCUT2D eigenvalue weighted by Crippen LogP contribution is 2.24. The zero-order valence-corrected chi connectivity index (χ0v) is 14.7. The third kappa shape index (κ3) is 3.41. The van der Waals surface area contributed by atoms with Crippen LogP contribution in [0.4, 0.5) is 0 Å². The van der Waals surface area contributed by atoms with Gasteiger partial charge >= 0.3 is 0 Å². The predicted octanol–water partition coefficient (Wildman–Crippen LogP) is 3.22. The summed E-state index contributed by atoms with van der Waals surface area (Å²) >= 11 is 0. The third-order valence-corrected chi connectivity index (χ3v) is 4.86. The molecule has 0 radical (unpaired) electrons. The van der Waals surface area contributed by atoms with E-state index in [1.54, 1.807) is 12.0 Å². The standard InChI is InChI=1S/C19H26N2O3/c1-20(10-4-6-15-7-5-11-24-15)19(22)18-13-14-12-16(23-3)8-9-17(14)21(18)2/h8-9,12-13,15H,4-7,10-11H2,1-3H3/t15-/m0/s1. The summed E-state index contributed by atoms with van der Waals surface area (Å²) in [6.45, 7) is 1.64. The topological polar surface area (TPSA) is 43.7 Å². The average molecular weight is 330 g/mol. The minimum atomic E-state index is 0.0556. The molecule has 0 unspecified atom stereocenters. The molecule has 1 fully saturated rings. The van der Waals surface area contributed by atoms with Crippen LogP contribution in [0.5, 0.6) is 5.75 Å². The normalized spacial score (nSPS) is 17.4. The van der Waals surface area contributed by atoms with E-state index in [4.69, 9.17) is 9.47 Å². The Morgan fingerprint density at radius 3 is 2.96 bits per heavy atom. The van der Waals surface area contributed by atoms with Crippen molar-refractivity contribution < 1.29 is 14.3 Å². The van der Waals surface area contributed by atoms with Crippen molar-refractivity contribution in [2.75, 3.05) is 27.3 Å². The van der Waals surface area contributed by atoms with Crippen LogP contribution >= 0.6 is 0 Å². The number of nitrogens with zero attached hydrogens (tertiary/aromatic N) is 2. The maximum Gasteiger partial charge on any atom is 0.270 e. The smallest absolute Gasteiger partial charge is 0.270 e. The Labute approximate surface area is 143 Å². The van der Waals surface area contributed by atoms with E-state index in [2.05, 4.69) is 0 Å². The van der Waals surface area contributed by atoms with Gasteiger partial charge in [0.25, 0.3) is 5.91 Å². The lowest BCUT2D eigenvalue weighted by Crippen LogP contribution is -2.29. The van der Waals surface area contributed by atoms with Crippen LogP contribution in [0.25, 0.3) is 10.9 Å². The molecule has 0 aliphatic carbocycles. The first-order valence-electron chi connectivity index (χ1n) is 8.60. The molecular formula is C19H26N2O3. The number of hydrogen-bond acceptors (Lipinski definition) is 3. The van der Waals surface area contributed by atoms with Gasteiger partial charge in [0.05, 0.1) is 13.2 Å². The highest BCUT2D eigenvalue weighted by atomic mass is 16.5. The molecule has 1 aliphatic heterocycles. The molecule has 0 bridgehead atoms. The number of aromatic nitrogens is 1. The lowest BCUT2D eigenvalue weighted by atomic mass is 10.1. The molecule has 5 nitrogen and oxygen atoms in total. The third-order valence-electron chi connectivity index (χ3n) is 4.86. The van der Waals surface area contributed by atoms with E-state index in [1.165, 1.54) is 6.42 Å². The van der Waals surface area contributed by atoms with Crippen LogP contribution in [0.15, 0.2) is 24.3 Å². The van der Waals surface area contributed by atoms with Crippen LogP contribution in [0.2, 0.25) is 0 Å². The number of benzene rings is 1. The molecule has 1 amide bonds. The van der Waals surface area contributed by atoms with Gasteiger partial charge < -0.3 is 18.9 Å². The van der Waals surface area contributed by atoms with Gasteiger partial charge in [0.2, 0.25) is 0 Å². The van der Waals surface area contributed by atoms with E-state index in [0.717, 1.165) is 49.1 Å². The van der Waals surface area contributed by atoms with E-state index in [-0.39, 0.29) is 5.91 Å². The van der Waals surface area contributed by atoms with Crippen LogP contribution in [-0.4, -0.2) is 48.8 Å². The fraction of sp³-hybridized carbons (Fsp3) is 0.526. The zero-order chi connectivity index (χ0) is 17.1. The fourth-order valence-corrected chi connectivity index (χ4v) is 3.38. The van der Waals surface area contributed by atoms with Gasteiger partial charge in [-0.2, -0.15) is 0 Å². The van der Waals surface area contributed by atoms with E-state index in [9.17, 15) is 4.79 Å². The molecule has 2 heterocycles. The van der Waals surface area contributed by atoms with E-state index in [0.29, 0.717) is 11.8 Å². The Hall–Kier alpha value is -2.01. The summed E-state index contributed by atoms with van der Waals surface area (Å²) < 4.78 is 12.9. The Morgan fingerprint density at radius 2 is 2.25 bits per heavy atom. The predicted molar refractivity (Wildman–Crippen MR) is 94.6 cm³/mol. The molecule has 1 aromatic heterocycles. The van der Waals surface area contributed by atoms with Crippen LogP contribution < -0.4 is 4.74 Å². The van der Waals surface area contributed by atoms with Crippen LogP contribution in [-0.2, 0) is 11.8 Å². The Morgan fingerprint density at radius 1 is 1.42 bits per heavy atom. The van der Waals surface area contributed by atoms with Crippen molar-refractivity contribution in [2.24, 2.45) is 7.05 Å². The molecule has 3 rings (SSSR count). The minimum Gasteiger partial charge on any atom is -0.497 e. The highest BCUT2D eigenvalue weighted by molar-refractivity contribution is 5.98. The van der Waals surface area contributed by atoms with Crippen LogP contribution in [0, 0.1) is 0 Å². The van der Waals surface area contributed by atoms with Gasteiger partial charge in [0, 0.05) is 38.1 Å².